The zero-order chi connectivity index (χ0) is 19.9. The van der Waals surface area contributed by atoms with Gasteiger partial charge in [-0.05, 0) is 44.9 Å². The van der Waals surface area contributed by atoms with Gasteiger partial charge >= 0.3 is 6.03 Å². The lowest BCUT2D eigenvalue weighted by atomic mass is 10.00. The molecular weight excluding hydrogens is 378 g/mol. The Balaban J connectivity index is 1.44. The van der Waals surface area contributed by atoms with E-state index >= 15 is 0 Å². The molecule has 4 amide bonds. The number of hydrogen-bond donors (Lipinski definition) is 2. The van der Waals surface area contributed by atoms with E-state index in [9.17, 15) is 14.4 Å². The predicted molar refractivity (Wildman–Crippen MR) is 105 cm³/mol. The molecule has 3 heterocycles. The lowest BCUT2D eigenvalue weighted by Crippen LogP contribution is -2.51. The van der Waals surface area contributed by atoms with Crippen molar-refractivity contribution >= 4 is 39.4 Å². The Kier molecular flexibility index (Phi) is 4.80. The number of nitrogens with one attached hydrogen (secondary N) is 2. The maximum atomic E-state index is 12.6. The molecule has 0 radical (unpaired) electrons. The molecular formula is C19H23N5O3S. The molecule has 28 heavy (non-hydrogen) atoms. The van der Waals surface area contributed by atoms with E-state index in [0.717, 1.165) is 39.6 Å². The van der Waals surface area contributed by atoms with Crippen LogP contribution in [0.2, 0.25) is 0 Å². The minimum absolute atomic E-state index is 0.0761. The molecule has 2 aliphatic rings. The summed E-state index contributed by atoms with van der Waals surface area (Å²) < 4.78 is 1.13. The monoisotopic (exact) mass is 401 g/mol. The highest BCUT2D eigenvalue weighted by Crippen LogP contribution is 2.36. The third-order valence-corrected chi connectivity index (χ3v) is 6.65. The van der Waals surface area contributed by atoms with E-state index in [1.165, 1.54) is 0 Å². The molecule has 0 spiro atoms. The van der Waals surface area contributed by atoms with Gasteiger partial charge < -0.3 is 5.32 Å². The van der Waals surface area contributed by atoms with E-state index in [2.05, 4.69) is 15.6 Å². The van der Waals surface area contributed by atoms with Crippen LogP contribution < -0.4 is 10.7 Å². The molecule has 4 rings (SSSR count). The smallest absolute Gasteiger partial charge is 0.322 e. The highest BCUT2D eigenvalue weighted by atomic mass is 32.1. The van der Waals surface area contributed by atoms with Gasteiger partial charge in [0.1, 0.15) is 10.5 Å². The molecule has 8 nitrogen and oxygen atoms in total. The van der Waals surface area contributed by atoms with Crippen molar-refractivity contribution in [3.8, 4) is 0 Å². The van der Waals surface area contributed by atoms with E-state index in [4.69, 9.17) is 4.98 Å². The first kappa shape index (κ1) is 18.8. The maximum Gasteiger partial charge on any atom is 0.344 e. The zero-order valence-corrected chi connectivity index (χ0v) is 16.7. The average Bonchev–Trinajstić information content (AvgIpc) is 3.35. The van der Waals surface area contributed by atoms with Crippen molar-refractivity contribution in [3.05, 3.63) is 29.3 Å². The van der Waals surface area contributed by atoms with E-state index in [1.807, 2.05) is 31.2 Å². The highest BCUT2D eigenvalue weighted by Gasteiger charge is 2.47. The number of carbonyl (C=O) groups is 3. The number of hydrogen-bond acceptors (Lipinski definition) is 6. The molecule has 148 valence electrons. The van der Waals surface area contributed by atoms with Crippen molar-refractivity contribution in [2.45, 2.75) is 44.7 Å². The molecule has 0 bridgehead atoms. The van der Waals surface area contributed by atoms with Crippen LogP contribution in [0.25, 0.3) is 10.2 Å². The second-order valence-corrected chi connectivity index (χ2v) is 8.50. The van der Waals surface area contributed by atoms with Gasteiger partial charge in [0.15, 0.2) is 0 Å². The highest BCUT2D eigenvalue weighted by molar-refractivity contribution is 7.18. The summed E-state index contributed by atoms with van der Waals surface area (Å²) in [5, 5.41) is 4.43. The minimum atomic E-state index is -0.971. The fourth-order valence-electron chi connectivity index (χ4n) is 3.70. The molecule has 1 aromatic heterocycles. The number of para-hydroxylation sites is 1. The molecule has 0 aliphatic carbocycles. The maximum absolute atomic E-state index is 12.6. The Hall–Kier alpha value is -2.52. The summed E-state index contributed by atoms with van der Waals surface area (Å²) >= 11 is 1.65. The number of likely N-dealkylation sites (tertiary alicyclic amines) is 1. The van der Waals surface area contributed by atoms with Crippen LogP contribution >= 0.6 is 11.3 Å². The lowest BCUT2D eigenvalue weighted by molar-refractivity contribution is -0.139. The van der Waals surface area contributed by atoms with Crippen LogP contribution in [0.4, 0.5) is 4.79 Å². The van der Waals surface area contributed by atoms with Gasteiger partial charge in [-0.25, -0.2) is 9.78 Å². The van der Waals surface area contributed by atoms with Crippen LogP contribution in [-0.4, -0.2) is 51.4 Å². The fourth-order valence-corrected chi connectivity index (χ4v) is 4.83. The topological polar surface area (TPSA) is 94.6 Å². The van der Waals surface area contributed by atoms with E-state index < -0.39 is 17.5 Å². The van der Waals surface area contributed by atoms with Crippen LogP contribution in [-0.2, 0) is 9.59 Å². The van der Waals surface area contributed by atoms with Gasteiger partial charge in [-0.3, -0.25) is 19.9 Å². The Morgan fingerprint density at radius 3 is 2.89 bits per heavy atom. The number of nitrogens with zero attached hydrogens (tertiary/aromatic N) is 3. The summed E-state index contributed by atoms with van der Waals surface area (Å²) in [6.07, 6.45) is 2.37. The van der Waals surface area contributed by atoms with E-state index in [1.54, 1.807) is 18.3 Å². The summed E-state index contributed by atoms with van der Waals surface area (Å²) in [5.41, 5.74) is 2.47. The number of benzene rings is 1. The van der Waals surface area contributed by atoms with Crippen molar-refractivity contribution in [1.29, 1.82) is 0 Å². The second kappa shape index (κ2) is 7.14. The average molecular weight is 401 g/mol. The first-order valence-corrected chi connectivity index (χ1v) is 10.3. The summed E-state index contributed by atoms with van der Waals surface area (Å²) in [6, 6.07) is 7.48. The number of thiazole rings is 1. The minimum Gasteiger partial charge on any atom is -0.322 e. The number of urea groups is 1. The van der Waals surface area contributed by atoms with Crippen molar-refractivity contribution in [3.63, 3.8) is 0 Å². The third kappa shape index (κ3) is 3.24. The summed E-state index contributed by atoms with van der Waals surface area (Å²) in [5.74, 6) is -0.811. The predicted octanol–water partition coefficient (Wildman–Crippen LogP) is 2.18. The van der Waals surface area contributed by atoms with Gasteiger partial charge in [0.2, 0.25) is 0 Å². The zero-order valence-electron chi connectivity index (χ0n) is 15.9. The SMILES string of the molecule is CC[C@]1(C)NC(=O)N(NC(=O)CN2CCC[C@H]2c2nc3ccccc3s2)C1=O. The Morgan fingerprint density at radius 1 is 1.39 bits per heavy atom. The van der Waals surface area contributed by atoms with Crippen LogP contribution in [0.15, 0.2) is 24.3 Å². The molecule has 0 saturated carbocycles. The molecule has 2 N–H and O–H groups in total. The van der Waals surface area contributed by atoms with E-state index in [-0.39, 0.29) is 18.5 Å². The fraction of sp³-hybridized carbons (Fsp3) is 0.474. The summed E-state index contributed by atoms with van der Waals surface area (Å²) in [6.45, 7) is 4.36. The van der Waals surface area contributed by atoms with Crippen LogP contribution in [0.1, 0.15) is 44.2 Å². The quantitative estimate of drug-likeness (QED) is 0.749. The van der Waals surface area contributed by atoms with Crippen LogP contribution in [0, 0.1) is 0 Å². The largest absolute Gasteiger partial charge is 0.344 e. The summed E-state index contributed by atoms with van der Waals surface area (Å²) in [4.78, 5) is 43.8. The molecule has 0 unspecified atom stereocenters. The van der Waals surface area contributed by atoms with Crippen molar-refractivity contribution in [2.75, 3.05) is 13.1 Å². The van der Waals surface area contributed by atoms with Gasteiger partial charge in [0.05, 0.1) is 22.8 Å². The van der Waals surface area contributed by atoms with Crippen LogP contribution in [0.5, 0.6) is 0 Å². The van der Waals surface area contributed by atoms with Crippen molar-refractivity contribution < 1.29 is 14.4 Å². The number of rotatable bonds is 5. The number of aromatic nitrogens is 1. The Bertz CT molecular complexity index is 912. The Labute approximate surface area is 166 Å². The van der Waals surface area contributed by atoms with E-state index in [0.29, 0.717) is 6.42 Å². The lowest BCUT2D eigenvalue weighted by Gasteiger charge is -2.24. The number of amides is 4. The molecule has 9 heteroatoms. The second-order valence-electron chi connectivity index (χ2n) is 7.44. The molecule has 2 saturated heterocycles. The van der Waals surface area contributed by atoms with Crippen molar-refractivity contribution in [1.82, 2.24) is 25.6 Å². The number of fused-ring (bicyclic) bond motifs is 1. The van der Waals surface area contributed by atoms with Gasteiger partial charge in [0.25, 0.3) is 11.8 Å². The Morgan fingerprint density at radius 2 is 2.18 bits per heavy atom. The standard InChI is InChI=1S/C19H23N5O3S/c1-3-19(2)17(26)24(18(27)21-19)22-15(25)11-23-10-6-8-13(23)16-20-12-7-4-5-9-14(12)28-16/h4-5,7,9,13H,3,6,8,10-11H2,1-2H3,(H,21,27)(H,22,25)/t13-,19-/m0/s1. The van der Waals surface area contributed by atoms with Crippen LogP contribution in [0.3, 0.4) is 0 Å². The number of imide groups is 1. The normalized spacial score (nSPS) is 25.5. The van der Waals surface area contributed by atoms with Gasteiger partial charge in [-0.2, -0.15) is 5.01 Å². The molecule has 2 aromatic rings. The third-order valence-electron chi connectivity index (χ3n) is 5.51. The molecule has 2 atom stereocenters. The van der Waals surface area contributed by atoms with Crippen molar-refractivity contribution in [2.24, 2.45) is 0 Å². The number of hydrazine groups is 1. The molecule has 1 aromatic carbocycles. The first-order chi connectivity index (χ1) is 13.4. The number of carbonyl (C=O) groups excluding carboxylic acids is 3. The van der Waals surface area contributed by atoms with Gasteiger partial charge in [-0.1, -0.05) is 19.1 Å². The van der Waals surface area contributed by atoms with Gasteiger partial charge in [-0.15, -0.1) is 11.3 Å². The molecule has 2 fully saturated rings. The van der Waals surface area contributed by atoms with Gasteiger partial charge in [0, 0.05) is 0 Å². The first-order valence-electron chi connectivity index (χ1n) is 9.47. The molecule has 2 aliphatic heterocycles. The summed E-state index contributed by atoms with van der Waals surface area (Å²) in [7, 11) is 0.